The SMILES string of the molecule is CC(C)Oc1ccccc1CN1CCC(C)(CN)C1. The predicted octanol–water partition coefficient (Wildman–Crippen LogP) is 2.64. The van der Waals surface area contributed by atoms with Crippen LogP contribution in [0.3, 0.4) is 0 Å². The van der Waals surface area contributed by atoms with Gasteiger partial charge in [0.15, 0.2) is 0 Å². The summed E-state index contributed by atoms with van der Waals surface area (Å²) in [6, 6.07) is 8.35. The third-order valence-electron chi connectivity index (χ3n) is 3.86. The second-order valence-corrected chi connectivity index (χ2v) is 6.25. The smallest absolute Gasteiger partial charge is 0.124 e. The highest BCUT2D eigenvalue weighted by Crippen LogP contribution is 2.31. The molecule has 1 aliphatic rings. The molecule has 1 aliphatic heterocycles. The molecule has 2 N–H and O–H groups in total. The summed E-state index contributed by atoms with van der Waals surface area (Å²) in [5.74, 6) is 1.01. The van der Waals surface area contributed by atoms with Gasteiger partial charge in [0.25, 0.3) is 0 Å². The fraction of sp³-hybridized carbons (Fsp3) is 0.625. The molecule has 3 nitrogen and oxygen atoms in total. The topological polar surface area (TPSA) is 38.5 Å². The van der Waals surface area contributed by atoms with E-state index in [1.54, 1.807) is 0 Å². The minimum atomic E-state index is 0.217. The van der Waals surface area contributed by atoms with E-state index in [0.717, 1.165) is 31.9 Å². The Balaban J connectivity index is 2.04. The lowest BCUT2D eigenvalue weighted by molar-refractivity contribution is 0.230. The average Bonchev–Trinajstić information content (AvgIpc) is 2.74. The van der Waals surface area contributed by atoms with Gasteiger partial charge in [-0.05, 0) is 44.8 Å². The Morgan fingerprint density at radius 3 is 2.74 bits per heavy atom. The highest BCUT2D eigenvalue weighted by Gasteiger charge is 2.32. The van der Waals surface area contributed by atoms with Crippen LogP contribution in [0.5, 0.6) is 5.75 Å². The number of hydrogen-bond acceptors (Lipinski definition) is 3. The summed E-state index contributed by atoms with van der Waals surface area (Å²) in [6.45, 7) is 10.4. The molecule has 3 heteroatoms. The number of nitrogens with two attached hydrogens (primary N) is 1. The van der Waals surface area contributed by atoms with Crippen molar-refractivity contribution in [2.45, 2.75) is 39.8 Å². The first-order chi connectivity index (χ1) is 9.02. The molecule has 0 bridgehead atoms. The van der Waals surface area contributed by atoms with Crippen molar-refractivity contribution in [3.05, 3.63) is 29.8 Å². The van der Waals surface area contributed by atoms with E-state index in [9.17, 15) is 0 Å². The maximum absolute atomic E-state index is 5.88. The fourth-order valence-corrected chi connectivity index (χ4v) is 2.67. The number of nitrogens with zero attached hydrogens (tertiary/aromatic N) is 1. The van der Waals surface area contributed by atoms with Crippen LogP contribution in [0, 0.1) is 5.41 Å². The van der Waals surface area contributed by atoms with Gasteiger partial charge in [-0.1, -0.05) is 25.1 Å². The lowest BCUT2D eigenvalue weighted by Gasteiger charge is -2.23. The van der Waals surface area contributed by atoms with Crippen molar-refractivity contribution in [2.75, 3.05) is 19.6 Å². The summed E-state index contributed by atoms with van der Waals surface area (Å²) in [5, 5.41) is 0. The highest BCUT2D eigenvalue weighted by atomic mass is 16.5. The van der Waals surface area contributed by atoms with Crippen LogP contribution in [-0.4, -0.2) is 30.6 Å². The quantitative estimate of drug-likeness (QED) is 0.886. The fourth-order valence-electron chi connectivity index (χ4n) is 2.67. The van der Waals surface area contributed by atoms with Crippen molar-refractivity contribution >= 4 is 0 Å². The van der Waals surface area contributed by atoms with E-state index in [-0.39, 0.29) is 11.5 Å². The van der Waals surface area contributed by atoms with Crippen molar-refractivity contribution in [1.29, 1.82) is 0 Å². The largest absolute Gasteiger partial charge is 0.491 e. The average molecular weight is 262 g/mol. The molecule has 0 radical (unpaired) electrons. The maximum atomic E-state index is 5.88. The van der Waals surface area contributed by atoms with Crippen molar-refractivity contribution in [2.24, 2.45) is 11.1 Å². The maximum Gasteiger partial charge on any atom is 0.124 e. The van der Waals surface area contributed by atoms with Crippen LogP contribution in [0.2, 0.25) is 0 Å². The molecule has 0 saturated carbocycles. The van der Waals surface area contributed by atoms with Gasteiger partial charge in [-0.15, -0.1) is 0 Å². The van der Waals surface area contributed by atoms with Gasteiger partial charge in [-0.3, -0.25) is 4.90 Å². The second kappa shape index (κ2) is 5.93. The van der Waals surface area contributed by atoms with E-state index in [1.165, 1.54) is 12.0 Å². The van der Waals surface area contributed by atoms with Crippen LogP contribution >= 0.6 is 0 Å². The molecule has 1 heterocycles. The van der Waals surface area contributed by atoms with Gasteiger partial charge in [0.05, 0.1) is 6.10 Å². The molecule has 1 fully saturated rings. The van der Waals surface area contributed by atoms with Gasteiger partial charge in [-0.25, -0.2) is 0 Å². The molecule has 2 rings (SSSR count). The number of para-hydroxylation sites is 1. The number of hydrogen-bond donors (Lipinski definition) is 1. The number of rotatable bonds is 5. The zero-order chi connectivity index (χ0) is 13.9. The number of ether oxygens (including phenoxy) is 1. The van der Waals surface area contributed by atoms with Gasteiger partial charge < -0.3 is 10.5 Å². The van der Waals surface area contributed by atoms with Crippen molar-refractivity contribution in [3.63, 3.8) is 0 Å². The lowest BCUT2D eigenvalue weighted by Crippen LogP contribution is -2.31. The molecule has 1 aromatic carbocycles. The zero-order valence-electron chi connectivity index (χ0n) is 12.4. The second-order valence-electron chi connectivity index (χ2n) is 6.25. The third-order valence-corrected chi connectivity index (χ3v) is 3.86. The molecule has 0 aliphatic carbocycles. The van der Waals surface area contributed by atoms with Crippen LogP contribution in [0.1, 0.15) is 32.8 Å². The van der Waals surface area contributed by atoms with Gasteiger partial charge in [0.2, 0.25) is 0 Å². The van der Waals surface area contributed by atoms with E-state index in [4.69, 9.17) is 10.5 Å². The van der Waals surface area contributed by atoms with E-state index in [0.29, 0.717) is 0 Å². The van der Waals surface area contributed by atoms with E-state index >= 15 is 0 Å². The molecule has 19 heavy (non-hydrogen) atoms. The highest BCUT2D eigenvalue weighted by molar-refractivity contribution is 5.33. The van der Waals surface area contributed by atoms with Crippen LogP contribution in [0.15, 0.2) is 24.3 Å². The molecule has 0 amide bonds. The van der Waals surface area contributed by atoms with Crippen LogP contribution in [0.25, 0.3) is 0 Å². The van der Waals surface area contributed by atoms with Gasteiger partial charge >= 0.3 is 0 Å². The number of benzene rings is 1. The zero-order valence-corrected chi connectivity index (χ0v) is 12.4. The van der Waals surface area contributed by atoms with E-state index < -0.39 is 0 Å². The lowest BCUT2D eigenvalue weighted by atomic mass is 9.90. The Morgan fingerprint density at radius 2 is 2.11 bits per heavy atom. The molecule has 1 aromatic rings. The molecule has 1 unspecified atom stereocenters. The first kappa shape index (κ1) is 14.4. The first-order valence-corrected chi connectivity index (χ1v) is 7.19. The summed E-state index contributed by atoms with van der Waals surface area (Å²) in [6.07, 6.45) is 1.41. The minimum Gasteiger partial charge on any atom is -0.491 e. The minimum absolute atomic E-state index is 0.217. The Kier molecular flexibility index (Phi) is 4.48. The first-order valence-electron chi connectivity index (χ1n) is 7.19. The molecule has 0 spiro atoms. The summed E-state index contributed by atoms with van der Waals surface area (Å²) in [7, 11) is 0. The van der Waals surface area contributed by atoms with E-state index in [2.05, 4.69) is 43.9 Å². The summed E-state index contributed by atoms with van der Waals surface area (Å²) in [4.78, 5) is 2.48. The predicted molar refractivity (Wildman–Crippen MR) is 79.3 cm³/mol. The normalized spacial score (nSPS) is 24.1. The molecule has 106 valence electrons. The standard InChI is InChI=1S/C16H26N2O/c1-13(2)19-15-7-5-4-6-14(15)10-18-9-8-16(3,11-17)12-18/h4-7,13H,8-12,17H2,1-3H3. The van der Waals surface area contributed by atoms with Crippen molar-refractivity contribution in [1.82, 2.24) is 4.90 Å². The summed E-state index contributed by atoms with van der Waals surface area (Å²) in [5.41, 5.74) is 7.43. The van der Waals surface area contributed by atoms with Crippen LogP contribution < -0.4 is 10.5 Å². The van der Waals surface area contributed by atoms with Crippen LogP contribution in [-0.2, 0) is 6.54 Å². The molecule has 1 atom stereocenters. The van der Waals surface area contributed by atoms with Gasteiger partial charge in [-0.2, -0.15) is 0 Å². The third kappa shape index (κ3) is 3.71. The Morgan fingerprint density at radius 1 is 1.37 bits per heavy atom. The molecular weight excluding hydrogens is 236 g/mol. The molecule has 1 saturated heterocycles. The van der Waals surface area contributed by atoms with E-state index in [1.807, 2.05) is 6.07 Å². The monoisotopic (exact) mass is 262 g/mol. The summed E-state index contributed by atoms with van der Waals surface area (Å²) >= 11 is 0. The van der Waals surface area contributed by atoms with Gasteiger partial charge in [0.1, 0.15) is 5.75 Å². The summed E-state index contributed by atoms with van der Waals surface area (Å²) < 4.78 is 5.88. The molecule has 0 aromatic heterocycles. The Hall–Kier alpha value is -1.06. The molecular formula is C16H26N2O. The Labute approximate surface area is 116 Å². The van der Waals surface area contributed by atoms with Crippen LogP contribution in [0.4, 0.5) is 0 Å². The van der Waals surface area contributed by atoms with Crippen molar-refractivity contribution in [3.8, 4) is 5.75 Å². The number of likely N-dealkylation sites (tertiary alicyclic amines) is 1. The van der Waals surface area contributed by atoms with Gasteiger partial charge in [0, 0.05) is 18.7 Å². The Bertz CT molecular complexity index is 419. The van der Waals surface area contributed by atoms with Crippen molar-refractivity contribution < 1.29 is 4.74 Å².